The fourth-order valence-electron chi connectivity index (χ4n) is 1.81. The molecule has 0 unspecified atom stereocenters. The molecule has 0 amide bonds. The summed E-state index contributed by atoms with van der Waals surface area (Å²) in [5, 5.41) is 5.07. The summed E-state index contributed by atoms with van der Waals surface area (Å²) in [6.07, 6.45) is 2.30. The Morgan fingerprint density at radius 3 is 2.36 bits per heavy atom. The first-order valence-corrected chi connectivity index (χ1v) is 9.77. The van der Waals surface area contributed by atoms with Gasteiger partial charge in [0.2, 0.25) is 10.0 Å². The largest absolute Gasteiger partial charge is 0.457 e. The molecule has 25 heavy (non-hydrogen) atoms. The first kappa shape index (κ1) is 19.4. The predicted molar refractivity (Wildman–Crippen MR) is 103 cm³/mol. The summed E-state index contributed by atoms with van der Waals surface area (Å²) in [4.78, 5) is 13.4. The number of thiocarbonyl (C=S) groups is 1. The molecule has 2 aromatic rings. The van der Waals surface area contributed by atoms with E-state index >= 15 is 0 Å². The van der Waals surface area contributed by atoms with Gasteiger partial charge in [0, 0.05) is 19.7 Å². The summed E-state index contributed by atoms with van der Waals surface area (Å²) < 4.78 is 28.8. The van der Waals surface area contributed by atoms with Gasteiger partial charge in [-0.1, -0.05) is 24.0 Å². The number of carbonyl (C=O) groups excluding carboxylic acids is 1. The first-order chi connectivity index (χ1) is 11.7. The van der Waals surface area contributed by atoms with E-state index in [1.54, 1.807) is 49.3 Å². The summed E-state index contributed by atoms with van der Waals surface area (Å²) in [5.41, 5.74) is 0.691. The zero-order valence-corrected chi connectivity index (χ0v) is 16.0. The molecule has 1 aromatic carbocycles. The molecule has 9 heteroatoms. The van der Waals surface area contributed by atoms with Gasteiger partial charge in [0.1, 0.15) is 15.8 Å². The number of rotatable bonds is 5. The molecule has 0 spiro atoms. The average Bonchev–Trinajstić information content (AvgIpc) is 3.01. The molecule has 0 aliphatic carbocycles. The van der Waals surface area contributed by atoms with Crippen LogP contribution in [0.15, 0.2) is 50.6 Å². The average molecular weight is 397 g/mol. The third-order valence-electron chi connectivity index (χ3n) is 3.07. The Kier molecular flexibility index (Phi) is 6.17. The van der Waals surface area contributed by atoms with E-state index in [1.807, 2.05) is 0 Å². The van der Waals surface area contributed by atoms with Crippen molar-refractivity contribution >= 4 is 50.7 Å². The van der Waals surface area contributed by atoms with Crippen LogP contribution in [0.25, 0.3) is 17.4 Å². The van der Waals surface area contributed by atoms with E-state index in [0.29, 0.717) is 32.6 Å². The van der Waals surface area contributed by atoms with Gasteiger partial charge < -0.3 is 9.32 Å². The van der Waals surface area contributed by atoms with Gasteiger partial charge in [-0.15, -0.1) is 0 Å². The van der Waals surface area contributed by atoms with Crippen LogP contribution in [0.2, 0.25) is 0 Å². The van der Waals surface area contributed by atoms with Gasteiger partial charge in [0.05, 0.1) is 9.80 Å². The second kappa shape index (κ2) is 7.96. The molecule has 1 heterocycles. The third-order valence-corrected chi connectivity index (χ3v) is 5.60. The summed E-state index contributed by atoms with van der Waals surface area (Å²) in [5.74, 6) is 1.03. The molecule has 0 bridgehead atoms. The molecule has 0 saturated heterocycles. The maximum Gasteiger partial charge on any atom is 0.238 e. The van der Waals surface area contributed by atoms with E-state index in [0.717, 1.165) is 0 Å². The van der Waals surface area contributed by atoms with Crippen LogP contribution in [0, 0.1) is 0 Å². The quantitative estimate of drug-likeness (QED) is 0.472. The number of primary sulfonamides is 1. The highest BCUT2D eigenvalue weighted by molar-refractivity contribution is 8.26. The molecule has 0 aliphatic heterocycles. The molecule has 2 rings (SSSR count). The van der Waals surface area contributed by atoms with Crippen molar-refractivity contribution in [3.63, 3.8) is 0 Å². The van der Waals surface area contributed by atoms with Crippen molar-refractivity contribution in [2.45, 2.75) is 4.90 Å². The van der Waals surface area contributed by atoms with Crippen molar-refractivity contribution in [3.8, 4) is 11.3 Å². The number of carbonyl (C=O) groups is 1. The molecule has 0 saturated carbocycles. The van der Waals surface area contributed by atoms with Crippen molar-refractivity contribution in [2.24, 2.45) is 5.14 Å². The van der Waals surface area contributed by atoms with Crippen LogP contribution in [-0.4, -0.2) is 38.0 Å². The monoisotopic (exact) mass is 396 g/mol. The number of nitrogens with zero attached hydrogens (tertiary/aromatic N) is 1. The Hall–Kier alpha value is -1.94. The first-order valence-electron chi connectivity index (χ1n) is 7.00. The van der Waals surface area contributed by atoms with Gasteiger partial charge in [0.25, 0.3) is 0 Å². The second-order valence-corrected chi connectivity index (χ2v) is 8.47. The number of nitrogens with two attached hydrogens (primary N) is 1. The lowest BCUT2D eigenvalue weighted by Gasteiger charge is -2.11. The molecule has 6 nitrogen and oxygen atoms in total. The van der Waals surface area contributed by atoms with Crippen LogP contribution >= 0.6 is 24.0 Å². The highest BCUT2D eigenvalue weighted by Gasteiger charge is 2.10. The number of sulfonamides is 1. The SMILES string of the molecule is CN(C)C(=S)S/C(C=O)=C\c1ccc(-c2ccc(S(N)(=O)=O)cc2)o1. The van der Waals surface area contributed by atoms with E-state index in [-0.39, 0.29) is 4.90 Å². The van der Waals surface area contributed by atoms with Crippen molar-refractivity contribution < 1.29 is 17.6 Å². The van der Waals surface area contributed by atoms with Gasteiger partial charge in [-0.05, 0) is 42.5 Å². The van der Waals surface area contributed by atoms with Crippen LogP contribution in [0.5, 0.6) is 0 Å². The van der Waals surface area contributed by atoms with Crippen molar-refractivity contribution in [3.05, 3.63) is 47.1 Å². The second-order valence-electron chi connectivity index (χ2n) is 5.20. The summed E-state index contributed by atoms with van der Waals surface area (Å²) in [6.45, 7) is 0. The lowest BCUT2D eigenvalue weighted by molar-refractivity contribution is -0.104. The Morgan fingerprint density at radius 2 is 1.84 bits per heavy atom. The van der Waals surface area contributed by atoms with Gasteiger partial charge in [-0.3, -0.25) is 4.79 Å². The molecule has 0 aliphatic rings. The zero-order valence-electron chi connectivity index (χ0n) is 13.5. The van der Waals surface area contributed by atoms with Gasteiger partial charge in [0.15, 0.2) is 6.29 Å². The van der Waals surface area contributed by atoms with E-state index in [4.69, 9.17) is 21.8 Å². The van der Waals surface area contributed by atoms with Crippen LogP contribution in [0.4, 0.5) is 0 Å². The smallest absolute Gasteiger partial charge is 0.238 e. The van der Waals surface area contributed by atoms with Crippen LogP contribution in [-0.2, 0) is 14.8 Å². The van der Waals surface area contributed by atoms with Crippen molar-refractivity contribution in [1.82, 2.24) is 4.90 Å². The van der Waals surface area contributed by atoms with Gasteiger partial charge in [-0.2, -0.15) is 0 Å². The topological polar surface area (TPSA) is 93.6 Å². The van der Waals surface area contributed by atoms with Crippen LogP contribution < -0.4 is 5.14 Å². The lowest BCUT2D eigenvalue weighted by atomic mass is 10.2. The van der Waals surface area contributed by atoms with Crippen LogP contribution in [0.3, 0.4) is 0 Å². The highest BCUT2D eigenvalue weighted by atomic mass is 32.2. The Morgan fingerprint density at radius 1 is 1.20 bits per heavy atom. The normalized spacial score (nSPS) is 12.0. The minimum atomic E-state index is -3.73. The Labute approximate surface area is 155 Å². The Balaban J connectivity index is 2.23. The van der Waals surface area contributed by atoms with E-state index in [2.05, 4.69) is 0 Å². The number of thioether (sulfide) groups is 1. The standard InChI is InChI=1S/C16H16N2O4S3/c1-18(2)16(23)24-13(10-19)9-12-5-8-15(22-12)11-3-6-14(7-4-11)25(17,20)21/h3-10H,1-2H3,(H2,17,20,21)/b13-9-. The molecular formula is C16H16N2O4S3. The van der Waals surface area contributed by atoms with Gasteiger partial charge >= 0.3 is 0 Å². The minimum absolute atomic E-state index is 0.0276. The number of hydrogen-bond acceptors (Lipinski definition) is 6. The van der Waals surface area contributed by atoms with Crippen molar-refractivity contribution in [2.75, 3.05) is 14.1 Å². The number of allylic oxidation sites excluding steroid dienone is 1. The molecule has 132 valence electrons. The molecule has 0 fully saturated rings. The van der Waals surface area contributed by atoms with E-state index < -0.39 is 10.0 Å². The fraction of sp³-hybridized carbons (Fsp3) is 0.125. The molecule has 0 radical (unpaired) electrons. The van der Waals surface area contributed by atoms with Crippen LogP contribution in [0.1, 0.15) is 5.76 Å². The number of aldehydes is 1. The van der Waals surface area contributed by atoms with Crippen molar-refractivity contribution in [1.29, 1.82) is 0 Å². The maximum atomic E-state index is 11.3. The fourth-order valence-corrected chi connectivity index (χ4v) is 3.23. The summed E-state index contributed by atoms with van der Waals surface area (Å²) in [7, 11) is -0.133. The lowest BCUT2D eigenvalue weighted by Crippen LogP contribution is -2.16. The highest BCUT2D eigenvalue weighted by Crippen LogP contribution is 2.26. The third kappa shape index (κ3) is 5.27. The zero-order chi connectivity index (χ0) is 18.6. The van der Waals surface area contributed by atoms with E-state index in [1.165, 1.54) is 23.9 Å². The number of benzene rings is 1. The van der Waals surface area contributed by atoms with E-state index in [9.17, 15) is 13.2 Å². The van der Waals surface area contributed by atoms with Gasteiger partial charge in [-0.25, -0.2) is 13.6 Å². The molecule has 0 atom stereocenters. The predicted octanol–water partition coefficient (Wildman–Crippen LogP) is 2.71. The summed E-state index contributed by atoms with van der Waals surface area (Å²) in [6, 6.07) is 9.46. The minimum Gasteiger partial charge on any atom is -0.457 e. The number of hydrogen-bond donors (Lipinski definition) is 1. The number of furan rings is 1. The molecule has 2 N–H and O–H groups in total. The Bertz CT molecular complexity index is 913. The molecular weight excluding hydrogens is 380 g/mol. The maximum absolute atomic E-state index is 11.3. The summed E-state index contributed by atoms with van der Waals surface area (Å²) >= 11 is 6.33. The molecule has 1 aromatic heterocycles.